The number of ketones is 1. The molecule has 144 valence electrons. The average molecular weight is 381 g/mol. The third-order valence-corrected chi connectivity index (χ3v) is 5.27. The fourth-order valence-corrected chi connectivity index (χ4v) is 3.71. The molecule has 9 heteroatoms. The van der Waals surface area contributed by atoms with Crippen LogP contribution >= 0.6 is 0 Å². The Labute approximate surface area is 160 Å². The van der Waals surface area contributed by atoms with Crippen molar-refractivity contribution < 1.29 is 14.3 Å². The van der Waals surface area contributed by atoms with Crippen LogP contribution in [0.5, 0.6) is 0 Å². The molecule has 3 heterocycles. The summed E-state index contributed by atoms with van der Waals surface area (Å²) in [6.45, 7) is 1.37. The Morgan fingerprint density at radius 1 is 1.14 bits per heavy atom. The van der Waals surface area contributed by atoms with Gasteiger partial charge >= 0.3 is 5.69 Å². The summed E-state index contributed by atoms with van der Waals surface area (Å²) >= 11 is 0. The van der Waals surface area contributed by atoms with Gasteiger partial charge < -0.3 is 4.90 Å². The normalized spacial score (nSPS) is 15.1. The Kier molecular flexibility index (Phi) is 4.96. The molecule has 0 bridgehead atoms. The third-order valence-electron chi connectivity index (χ3n) is 5.27. The zero-order valence-corrected chi connectivity index (χ0v) is 15.2. The van der Waals surface area contributed by atoms with Crippen molar-refractivity contribution in [3.63, 3.8) is 0 Å². The molecule has 2 aromatic heterocycles. The minimum Gasteiger partial charge on any atom is -0.370 e. The second-order valence-corrected chi connectivity index (χ2v) is 6.91. The summed E-state index contributed by atoms with van der Waals surface area (Å²) in [7, 11) is 0. The van der Waals surface area contributed by atoms with Gasteiger partial charge in [-0.25, -0.2) is 4.63 Å². The topological polar surface area (TPSA) is 115 Å². The lowest BCUT2D eigenvalue weighted by atomic mass is 9.89. The summed E-state index contributed by atoms with van der Waals surface area (Å²) in [5.74, 6) is 0.329. The van der Waals surface area contributed by atoms with Gasteiger partial charge in [-0.2, -0.15) is 0 Å². The van der Waals surface area contributed by atoms with E-state index in [1.54, 1.807) is 18.5 Å². The minimum absolute atomic E-state index is 0.0436. The van der Waals surface area contributed by atoms with E-state index in [0.717, 1.165) is 30.5 Å². The molecule has 4 rings (SSSR count). The van der Waals surface area contributed by atoms with Crippen LogP contribution in [0.2, 0.25) is 0 Å². The summed E-state index contributed by atoms with van der Waals surface area (Å²) in [6.07, 6.45) is 6.24. The molecule has 0 N–H and O–H groups in total. The lowest BCUT2D eigenvalue weighted by molar-refractivity contribution is -0.383. The molecule has 1 saturated heterocycles. The first-order valence-electron chi connectivity index (χ1n) is 9.19. The molecule has 0 saturated carbocycles. The highest BCUT2D eigenvalue weighted by Crippen LogP contribution is 2.33. The molecular formula is C19H19N5O4. The number of fused-ring (bicyclic) bond motifs is 1. The van der Waals surface area contributed by atoms with E-state index < -0.39 is 4.92 Å². The Hall–Kier alpha value is -3.36. The number of hydrogen-bond donors (Lipinski definition) is 0. The molecular weight excluding hydrogens is 362 g/mol. The highest BCUT2D eigenvalue weighted by Gasteiger charge is 2.28. The maximum absolute atomic E-state index is 12.6. The van der Waals surface area contributed by atoms with Gasteiger partial charge in [0.05, 0.1) is 10.6 Å². The molecule has 0 unspecified atom stereocenters. The number of piperidine rings is 1. The van der Waals surface area contributed by atoms with Crippen LogP contribution in [0.3, 0.4) is 0 Å². The van der Waals surface area contributed by atoms with Gasteiger partial charge in [0.25, 0.3) is 0 Å². The van der Waals surface area contributed by atoms with Crippen molar-refractivity contribution in [1.29, 1.82) is 0 Å². The molecule has 3 aromatic rings. The van der Waals surface area contributed by atoms with E-state index in [1.165, 1.54) is 6.07 Å². The number of nitrogens with zero attached hydrogens (tertiary/aromatic N) is 5. The summed E-state index contributed by atoms with van der Waals surface area (Å²) in [5, 5.41) is 18.7. The van der Waals surface area contributed by atoms with Gasteiger partial charge in [-0.3, -0.25) is 19.9 Å². The lowest BCUT2D eigenvalue weighted by Crippen LogP contribution is -2.36. The van der Waals surface area contributed by atoms with E-state index >= 15 is 0 Å². The number of nitro groups is 1. The van der Waals surface area contributed by atoms with Crippen molar-refractivity contribution in [1.82, 2.24) is 15.3 Å². The van der Waals surface area contributed by atoms with Crippen LogP contribution in [0.15, 0.2) is 41.3 Å². The average Bonchev–Trinajstić information content (AvgIpc) is 3.22. The number of Topliss-reactive ketones (excluding diaryl/α,β-unsaturated/α-hetero) is 1. The number of aromatic nitrogens is 3. The van der Waals surface area contributed by atoms with Crippen LogP contribution in [-0.2, 0) is 11.2 Å². The van der Waals surface area contributed by atoms with Crippen LogP contribution in [0.1, 0.15) is 24.8 Å². The van der Waals surface area contributed by atoms with Gasteiger partial charge in [0.1, 0.15) is 5.78 Å². The Morgan fingerprint density at radius 3 is 2.57 bits per heavy atom. The van der Waals surface area contributed by atoms with E-state index in [-0.39, 0.29) is 22.9 Å². The van der Waals surface area contributed by atoms with Crippen LogP contribution in [0.4, 0.5) is 11.4 Å². The van der Waals surface area contributed by atoms with Gasteiger partial charge in [-0.05, 0) is 53.3 Å². The summed E-state index contributed by atoms with van der Waals surface area (Å²) in [4.78, 5) is 29.3. The molecule has 0 radical (unpaired) electrons. The Bertz CT molecular complexity index is 996. The molecule has 1 aromatic carbocycles. The fraction of sp³-hybridized carbons (Fsp3) is 0.368. The molecule has 0 amide bonds. The number of carbonyl (C=O) groups is 1. The largest absolute Gasteiger partial charge is 0.370 e. The Balaban J connectivity index is 1.40. The third kappa shape index (κ3) is 3.55. The van der Waals surface area contributed by atoms with Crippen LogP contribution in [0, 0.1) is 16.0 Å². The smallest absolute Gasteiger partial charge is 0.300 e. The number of carbonyl (C=O) groups excluding carboxylic acids is 1. The van der Waals surface area contributed by atoms with Crippen LogP contribution < -0.4 is 4.90 Å². The fourth-order valence-electron chi connectivity index (χ4n) is 3.71. The van der Waals surface area contributed by atoms with Gasteiger partial charge in [0.15, 0.2) is 5.52 Å². The molecule has 28 heavy (non-hydrogen) atoms. The first-order valence-corrected chi connectivity index (χ1v) is 9.19. The molecule has 0 spiro atoms. The number of hydrogen-bond acceptors (Lipinski definition) is 8. The number of rotatable bonds is 6. The van der Waals surface area contributed by atoms with Crippen LogP contribution in [-0.4, -0.2) is 39.1 Å². The zero-order chi connectivity index (χ0) is 19.5. The van der Waals surface area contributed by atoms with E-state index in [0.29, 0.717) is 25.0 Å². The number of aryl methyl sites for hydroxylation is 1. The number of pyridine rings is 1. The van der Waals surface area contributed by atoms with Gasteiger partial charge in [-0.15, -0.1) is 0 Å². The van der Waals surface area contributed by atoms with E-state index in [9.17, 15) is 14.9 Å². The zero-order valence-electron chi connectivity index (χ0n) is 15.2. The standard InChI is InChI=1S/C19H19N5O4/c25-17(4-1-13-5-9-20-10-6-13)14-7-11-23(12-8-14)15-2-3-16(24(26)27)19-18(15)21-28-22-19/h2-3,5-6,9-10,14H,1,4,7-8,11-12H2. The van der Waals surface area contributed by atoms with Crippen molar-refractivity contribution in [2.24, 2.45) is 5.92 Å². The van der Waals surface area contributed by atoms with Crippen molar-refractivity contribution >= 4 is 28.2 Å². The molecule has 1 aliphatic rings. The number of anilines is 1. The predicted molar refractivity (Wildman–Crippen MR) is 101 cm³/mol. The molecule has 1 fully saturated rings. The molecule has 0 atom stereocenters. The number of nitro benzene ring substituents is 1. The van der Waals surface area contributed by atoms with E-state index in [2.05, 4.69) is 20.2 Å². The summed E-state index contributed by atoms with van der Waals surface area (Å²) in [6, 6.07) is 6.97. The molecule has 0 aliphatic carbocycles. The molecule has 9 nitrogen and oxygen atoms in total. The van der Waals surface area contributed by atoms with E-state index in [4.69, 9.17) is 4.63 Å². The lowest BCUT2D eigenvalue weighted by Gasteiger charge is -2.32. The van der Waals surface area contributed by atoms with Crippen molar-refractivity contribution in [3.05, 3.63) is 52.3 Å². The summed E-state index contributed by atoms with van der Waals surface area (Å²) in [5.41, 5.74) is 2.29. The van der Waals surface area contributed by atoms with Gasteiger partial charge in [0.2, 0.25) is 5.52 Å². The number of non-ortho nitro benzene ring substituents is 1. The monoisotopic (exact) mass is 381 g/mol. The van der Waals surface area contributed by atoms with Crippen molar-refractivity contribution in [2.75, 3.05) is 18.0 Å². The van der Waals surface area contributed by atoms with Gasteiger partial charge in [0, 0.05) is 43.9 Å². The Morgan fingerprint density at radius 2 is 1.86 bits per heavy atom. The highest BCUT2D eigenvalue weighted by molar-refractivity contribution is 5.94. The summed E-state index contributed by atoms with van der Waals surface area (Å²) < 4.78 is 4.73. The SMILES string of the molecule is O=C(CCc1ccncc1)C1CCN(c2ccc([N+](=O)[O-])c3nonc23)CC1. The second kappa shape index (κ2) is 7.71. The second-order valence-electron chi connectivity index (χ2n) is 6.91. The van der Waals surface area contributed by atoms with Crippen LogP contribution in [0.25, 0.3) is 11.0 Å². The van der Waals surface area contributed by atoms with Crippen molar-refractivity contribution in [2.45, 2.75) is 25.7 Å². The van der Waals surface area contributed by atoms with Gasteiger partial charge in [-0.1, -0.05) is 0 Å². The number of benzene rings is 1. The molecule has 1 aliphatic heterocycles. The first-order chi connectivity index (χ1) is 13.6. The quantitative estimate of drug-likeness (QED) is 0.473. The first kappa shape index (κ1) is 18.0. The predicted octanol–water partition coefficient (Wildman–Crippen LogP) is 2.94. The maximum atomic E-state index is 12.6. The van der Waals surface area contributed by atoms with Crippen molar-refractivity contribution in [3.8, 4) is 0 Å². The van der Waals surface area contributed by atoms with E-state index in [1.807, 2.05) is 12.1 Å². The highest BCUT2D eigenvalue weighted by atomic mass is 16.6. The minimum atomic E-state index is -0.496. The maximum Gasteiger partial charge on any atom is 0.300 e.